The molecule has 14 heavy (non-hydrogen) atoms. The van der Waals surface area contributed by atoms with E-state index in [1.165, 1.54) is 0 Å². The van der Waals surface area contributed by atoms with Crippen LogP contribution in [0.15, 0.2) is 0 Å². The van der Waals surface area contributed by atoms with Gasteiger partial charge < -0.3 is 5.32 Å². The first-order chi connectivity index (χ1) is 6.52. The normalized spacial score (nSPS) is 27.5. The molecule has 1 saturated carbocycles. The Hall–Kier alpha value is -0.130. The van der Waals surface area contributed by atoms with Crippen LogP contribution in [0.25, 0.3) is 0 Å². The third-order valence-corrected chi connectivity index (χ3v) is 5.19. The van der Waals surface area contributed by atoms with Crippen molar-refractivity contribution < 1.29 is 8.42 Å². The lowest BCUT2D eigenvalue weighted by molar-refractivity contribution is 0.307. The van der Waals surface area contributed by atoms with Crippen LogP contribution < -0.4 is 10.0 Å². The Morgan fingerprint density at radius 1 is 1.29 bits per heavy atom. The summed E-state index contributed by atoms with van der Waals surface area (Å²) >= 11 is 0. The maximum Gasteiger partial charge on any atom is 0.214 e. The van der Waals surface area contributed by atoms with Crippen molar-refractivity contribution in [3.8, 4) is 0 Å². The molecule has 0 radical (unpaired) electrons. The third-order valence-electron chi connectivity index (χ3n) is 3.06. The minimum Gasteiger partial charge on any atom is -0.317 e. The van der Waals surface area contributed by atoms with Gasteiger partial charge in [0.1, 0.15) is 0 Å². The summed E-state index contributed by atoms with van der Waals surface area (Å²) in [5.74, 6) is 0. The monoisotopic (exact) mass is 218 g/mol. The van der Waals surface area contributed by atoms with Crippen molar-refractivity contribution in [3.63, 3.8) is 0 Å². The highest BCUT2D eigenvalue weighted by molar-refractivity contribution is 7.90. The van der Waals surface area contributed by atoms with Gasteiger partial charge in [-0.15, -0.1) is 0 Å². The number of piperidine rings is 1. The van der Waals surface area contributed by atoms with Crippen molar-refractivity contribution in [1.29, 1.82) is 0 Å². The molecule has 2 N–H and O–H groups in total. The molecule has 5 heteroatoms. The van der Waals surface area contributed by atoms with E-state index in [1.54, 1.807) is 0 Å². The molecule has 0 bridgehead atoms. The minimum atomic E-state index is -3.02. The van der Waals surface area contributed by atoms with E-state index in [0.717, 1.165) is 38.8 Å². The van der Waals surface area contributed by atoms with E-state index in [1.807, 2.05) is 6.92 Å². The van der Waals surface area contributed by atoms with Gasteiger partial charge in [0.2, 0.25) is 10.0 Å². The summed E-state index contributed by atoms with van der Waals surface area (Å²) < 4.78 is 26.3. The van der Waals surface area contributed by atoms with Gasteiger partial charge in [-0.2, -0.15) is 0 Å². The smallest absolute Gasteiger partial charge is 0.214 e. The van der Waals surface area contributed by atoms with Crippen LogP contribution in [0.3, 0.4) is 0 Å². The highest BCUT2D eigenvalue weighted by Crippen LogP contribution is 2.30. The summed E-state index contributed by atoms with van der Waals surface area (Å²) in [5, 5.41) is 3.13. The highest BCUT2D eigenvalue weighted by Gasteiger charge is 2.40. The fourth-order valence-corrected chi connectivity index (χ4v) is 3.70. The largest absolute Gasteiger partial charge is 0.317 e. The van der Waals surface area contributed by atoms with Crippen molar-refractivity contribution in [2.75, 3.05) is 13.1 Å². The number of hydrogen-bond donors (Lipinski definition) is 2. The molecule has 82 valence electrons. The first kappa shape index (κ1) is 10.4. The topological polar surface area (TPSA) is 58.2 Å². The van der Waals surface area contributed by atoms with E-state index in [-0.39, 0.29) is 10.8 Å². The Kier molecular flexibility index (Phi) is 2.57. The van der Waals surface area contributed by atoms with Crippen molar-refractivity contribution in [3.05, 3.63) is 0 Å². The Labute approximate surface area is 85.5 Å². The Morgan fingerprint density at radius 3 is 2.36 bits per heavy atom. The first-order valence-electron chi connectivity index (χ1n) is 5.25. The standard InChI is InChI=1S/C9H18N2O2S/c1-9(4-6-10-7-5-9)11-14(12,13)8-2-3-8/h8,10-11H,2-7H2,1H3. The van der Waals surface area contributed by atoms with Gasteiger partial charge >= 0.3 is 0 Å². The van der Waals surface area contributed by atoms with Gasteiger partial charge in [0.25, 0.3) is 0 Å². The molecule has 1 saturated heterocycles. The van der Waals surface area contributed by atoms with Gasteiger partial charge in [-0.25, -0.2) is 13.1 Å². The predicted octanol–water partition coefficient (Wildman–Crippen LogP) is 0.210. The lowest BCUT2D eigenvalue weighted by Gasteiger charge is -2.34. The molecular formula is C9H18N2O2S. The van der Waals surface area contributed by atoms with E-state index >= 15 is 0 Å². The van der Waals surface area contributed by atoms with Gasteiger partial charge in [0.15, 0.2) is 0 Å². The van der Waals surface area contributed by atoms with Crippen molar-refractivity contribution >= 4 is 10.0 Å². The molecular weight excluding hydrogens is 200 g/mol. The Morgan fingerprint density at radius 2 is 1.86 bits per heavy atom. The van der Waals surface area contributed by atoms with Crippen molar-refractivity contribution in [2.24, 2.45) is 0 Å². The molecule has 2 aliphatic rings. The average Bonchev–Trinajstić information content (AvgIpc) is 2.84. The summed E-state index contributed by atoms with van der Waals surface area (Å²) in [5.41, 5.74) is -0.216. The third kappa shape index (κ3) is 2.27. The molecule has 2 fully saturated rings. The fourth-order valence-electron chi connectivity index (χ4n) is 1.89. The number of rotatable bonds is 3. The maximum atomic E-state index is 11.7. The fraction of sp³-hybridized carbons (Fsp3) is 1.00. The molecule has 0 amide bonds. The van der Waals surface area contributed by atoms with E-state index in [0.29, 0.717) is 0 Å². The van der Waals surface area contributed by atoms with Crippen LogP contribution in [0.2, 0.25) is 0 Å². The second-order valence-electron chi connectivity index (χ2n) is 4.66. The van der Waals surface area contributed by atoms with Gasteiger partial charge in [0.05, 0.1) is 5.25 Å². The molecule has 0 aromatic carbocycles. The van der Waals surface area contributed by atoms with Crippen LogP contribution in [0, 0.1) is 0 Å². The average molecular weight is 218 g/mol. The van der Waals surface area contributed by atoms with Gasteiger partial charge in [0, 0.05) is 5.54 Å². The van der Waals surface area contributed by atoms with Crippen LogP contribution in [0.5, 0.6) is 0 Å². The Balaban J connectivity index is 2.00. The second-order valence-corrected chi connectivity index (χ2v) is 6.62. The van der Waals surface area contributed by atoms with Crippen LogP contribution >= 0.6 is 0 Å². The summed E-state index contributed by atoms with van der Waals surface area (Å²) in [7, 11) is -3.02. The van der Waals surface area contributed by atoms with E-state index in [9.17, 15) is 8.42 Å². The molecule has 0 aromatic heterocycles. The summed E-state index contributed by atoms with van der Waals surface area (Å²) in [6.45, 7) is 3.82. The zero-order valence-electron chi connectivity index (χ0n) is 8.54. The van der Waals surface area contributed by atoms with Gasteiger partial charge in [-0.05, 0) is 45.7 Å². The minimum absolute atomic E-state index is 0.103. The molecule has 1 heterocycles. The molecule has 0 atom stereocenters. The first-order valence-corrected chi connectivity index (χ1v) is 6.80. The molecule has 0 aromatic rings. The summed E-state index contributed by atoms with van der Waals surface area (Å²) in [6.07, 6.45) is 3.45. The summed E-state index contributed by atoms with van der Waals surface area (Å²) in [6, 6.07) is 0. The zero-order valence-corrected chi connectivity index (χ0v) is 9.36. The van der Waals surface area contributed by atoms with Crippen molar-refractivity contribution in [1.82, 2.24) is 10.0 Å². The molecule has 2 rings (SSSR count). The zero-order chi connectivity index (χ0) is 10.2. The van der Waals surface area contributed by atoms with E-state index < -0.39 is 10.0 Å². The molecule has 4 nitrogen and oxygen atoms in total. The predicted molar refractivity (Wildman–Crippen MR) is 55.6 cm³/mol. The van der Waals surface area contributed by atoms with Crippen LogP contribution in [0.1, 0.15) is 32.6 Å². The van der Waals surface area contributed by atoms with Crippen LogP contribution in [-0.4, -0.2) is 32.3 Å². The van der Waals surface area contributed by atoms with Crippen LogP contribution in [-0.2, 0) is 10.0 Å². The van der Waals surface area contributed by atoms with Crippen molar-refractivity contribution in [2.45, 2.75) is 43.4 Å². The van der Waals surface area contributed by atoms with Gasteiger partial charge in [-0.1, -0.05) is 0 Å². The highest BCUT2D eigenvalue weighted by atomic mass is 32.2. The Bertz CT molecular complexity index is 303. The molecule has 1 aliphatic heterocycles. The summed E-state index contributed by atoms with van der Waals surface area (Å²) in [4.78, 5) is 0. The van der Waals surface area contributed by atoms with Gasteiger partial charge in [-0.3, -0.25) is 0 Å². The molecule has 0 spiro atoms. The molecule has 1 aliphatic carbocycles. The number of nitrogens with one attached hydrogen (secondary N) is 2. The second kappa shape index (κ2) is 3.47. The van der Waals surface area contributed by atoms with E-state index in [2.05, 4.69) is 10.0 Å². The molecule has 0 unspecified atom stereocenters. The lowest BCUT2D eigenvalue weighted by Crippen LogP contribution is -2.53. The SMILES string of the molecule is CC1(NS(=O)(=O)C2CC2)CCNCC1. The van der Waals surface area contributed by atoms with Crippen LogP contribution in [0.4, 0.5) is 0 Å². The maximum absolute atomic E-state index is 11.7. The lowest BCUT2D eigenvalue weighted by atomic mass is 9.92. The number of hydrogen-bond acceptors (Lipinski definition) is 3. The van der Waals surface area contributed by atoms with E-state index in [4.69, 9.17) is 0 Å². The quantitative estimate of drug-likeness (QED) is 0.712. The number of sulfonamides is 1.